The highest BCUT2D eigenvalue weighted by atomic mass is 35.5. The number of amides is 1. The Kier molecular flexibility index (Phi) is 14.5. The molecule has 0 aliphatic heterocycles. The second-order valence-corrected chi connectivity index (χ2v) is 26.6. The minimum absolute atomic E-state index is 0.00492. The van der Waals surface area contributed by atoms with Gasteiger partial charge >= 0.3 is 11.9 Å². The molecular weight excluding hydrogens is 744 g/mol. The molecule has 0 unspecified atom stereocenters. The molecule has 17 heteroatoms. The van der Waals surface area contributed by atoms with Crippen LogP contribution in [-0.4, -0.2) is 69.6 Å². The molecule has 3 aromatic heterocycles. The Balaban J connectivity index is 0.000000343. The van der Waals surface area contributed by atoms with Crippen molar-refractivity contribution in [1.82, 2.24) is 14.8 Å². The Bertz CT molecular complexity index is 1640. The predicted molar refractivity (Wildman–Crippen MR) is 204 cm³/mol. The molecule has 0 aliphatic carbocycles. The van der Waals surface area contributed by atoms with Gasteiger partial charge in [-0.05, 0) is 57.0 Å². The summed E-state index contributed by atoms with van der Waals surface area (Å²) >= 11 is 14.7. The zero-order chi connectivity index (χ0) is 37.9. The molecule has 3 aromatic rings. The standard InChI is InChI=1S/C17H26ClN3O3SSi.C15H24ClNO4SSi/c1-10(24-26(7,8)17(3,4)5)14-20-19-11(2)21(14)15-13(16(22)23-6)12(18)9-25-15;1-9(21-23(6,7)15(2,3)4)12(18)17-13-11(14(19)20-5)10(16)8-22-13/h9-10H,1-8H3;8-9H,1-7H3,(H,17,18)/t10-;9-/m00/s1. The Morgan fingerprint density at radius 1 is 0.816 bits per heavy atom. The van der Waals surface area contributed by atoms with Crippen LogP contribution in [-0.2, 0) is 23.1 Å². The average Bonchev–Trinajstić information content (AvgIpc) is 3.66. The summed E-state index contributed by atoms with van der Waals surface area (Å²) < 4.78 is 23.9. The van der Waals surface area contributed by atoms with Crippen molar-refractivity contribution in [1.29, 1.82) is 0 Å². The van der Waals surface area contributed by atoms with Crippen LogP contribution >= 0.6 is 45.9 Å². The van der Waals surface area contributed by atoms with Gasteiger partial charge in [-0.1, -0.05) is 64.7 Å². The van der Waals surface area contributed by atoms with E-state index in [2.05, 4.69) is 83.2 Å². The topological polar surface area (TPSA) is 131 Å². The van der Waals surface area contributed by atoms with Gasteiger partial charge in [0.15, 0.2) is 22.5 Å². The molecule has 0 fully saturated rings. The minimum atomic E-state index is -2.06. The number of methoxy groups -OCH3 is 2. The van der Waals surface area contributed by atoms with E-state index in [0.29, 0.717) is 32.2 Å². The van der Waals surface area contributed by atoms with Crippen LogP contribution in [0.3, 0.4) is 0 Å². The molecule has 0 aromatic carbocycles. The van der Waals surface area contributed by atoms with E-state index < -0.39 is 34.7 Å². The van der Waals surface area contributed by atoms with Crippen molar-refractivity contribution in [3.05, 3.63) is 43.6 Å². The van der Waals surface area contributed by atoms with E-state index in [1.165, 1.54) is 36.9 Å². The molecule has 3 heterocycles. The number of esters is 2. The highest BCUT2D eigenvalue weighted by Crippen LogP contribution is 2.41. The third kappa shape index (κ3) is 10.2. The quantitative estimate of drug-likeness (QED) is 0.158. The maximum atomic E-state index is 12.4. The molecular formula is C32H50Cl2N4O7S2Si2. The van der Waals surface area contributed by atoms with Gasteiger partial charge in [0.1, 0.15) is 39.2 Å². The van der Waals surface area contributed by atoms with Crippen molar-refractivity contribution in [2.45, 2.75) is 111 Å². The van der Waals surface area contributed by atoms with Crippen LogP contribution < -0.4 is 5.32 Å². The van der Waals surface area contributed by atoms with Crippen LogP contribution in [0.4, 0.5) is 5.00 Å². The summed E-state index contributed by atoms with van der Waals surface area (Å²) in [7, 11) is -1.45. The Morgan fingerprint density at radius 2 is 1.29 bits per heavy atom. The summed E-state index contributed by atoms with van der Waals surface area (Å²) in [6, 6.07) is 0. The predicted octanol–water partition coefficient (Wildman–Crippen LogP) is 9.70. The first-order valence-corrected chi connectivity index (χ1v) is 23.9. The van der Waals surface area contributed by atoms with Crippen molar-refractivity contribution in [3.8, 4) is 5.00 Å². The van der Waals surface area contributed by atoms with Crippen molar-refractivity contribution >= 4 is 85.4 Å². The van der Waals surface area contributed by atoms with Gasteiger partial charge in [0.05, 0.1) is 24.3 Å². The number of hydrogen-bond donors (Lipinski definition) is 1. The van der Waals surface area contributed by atoms with Crippen LogP contribution in [0.5, 0.6) is 0 Å². The van der Waals surface area contributed by atoms with Crippen molar-refractivity contribution < 1.29 is 32.7 Å². The number of carbonyl (C=O) groups excluding carboxylic acids is 3. The fourth-order valence-electron chi connectivity index (χ4n) is 3.95. The molecule has 49 heavy (non-hydrogen) atoms. The van der Waals surface area contributed by atoms with E-state index in [-0.39, 0.29) is 32.7 Å². The lowest BCUT2D eigenvalue weighted by atomic mass is 10.2. The molecule has 11 nitrogen and oxygen atoms in total. The number of anilines is 1. The fourth-order valence-corrected chi connectivity index (χ4v) is 9.14. The second-order valence-electron chi connectivity index (χ2n) is 14.5. The van der Waals surface area contributed by atoms with Crippen molar-refractivity contribution in [2.75, 3.05) is 19.5 Å². The smallest absolute Gasteiger partial charge is 0.342 e. The normalized spacial score (nSPS) is 13.7. The summed E-state index contributed by atoms with van der Waals surface area (Å²) in [5, 5.41) is 16.2. The highest BCUT2D eigenvalue weighted by Gasteiger charge is 2.41. The maximum Gasteiger partial charge on any atom is 0.342 e. The first-order valence-electron chi connectivity index (χ1n) is 15.6. The molecule has 0 spiro atoms. The lowest BCUT2D eigenvalue weighted by molar-refractivity contribution is -0.122. The highest BCUT2D eigenvalue weighted by molar-refractivity contribution is 7.15. The van der Waals surface area contributed by atoms with Gasteiger partial charge < -0.3 is 23.6 Å². The Hall–Kier alpha value is -2.12. The zero-order valence-electron chi connectivity index (χ0n) is 31.1. The van der Waals surface area contributed by atoms with Crippen LogP contribution in [0.2, 0.25) is 46.3 Å². The van der Waals surface area contributed by atoms with Crippen LogP contribution in [0.15, 0.2) is 10.8 Å². The molecule has 1 amide bonds. The molecule has 0 saturated carbocycles. The van der Waals surface area contributed by atoms with E-state index in [0.717, 1.165) is 0 Å². The van der Waals surface area contributed by atoms with Crippen LogP contribution in [0, 0.1) is 6.92 Å². The number of thiophene rings is 2. The number of nitrogens with zero attached hydrogens (tertiary/aromatic N) is 3. The number of hydrogen-bond acceptors (Lipinski definition) is 11. The number of carbonyl (C=O) groups is 3. The molecule has 2 atom stereocenters. The third-order valence-electron chi connectivity index (χ3n) is 8.83. The first-order chi connectivity index (χ1) is 22.3. The summed E-state index contributed by atoms with van der Waals surface area (Å²) in [4.78, 5) is 36.3. The van der Waals surface area contributed by atoms with Gasteiger partial charge in [-0.2, -0.15) is 0 Å². The molecule has 0 aliphatic rings. The number of ether oxygens (including phenoxy) is 2. The zero-order valence-corrected chi connectivity index (χ0v) is 36.2. The van der Waals surface area contributed by atoms with Gasteiger partial charge in [-0.25, -0.2) is 9.59 Å². The van der Waals surface area contributed by atoms with Crippen LogP contribution in [0.25, 0.3) is 5.00 Å². The fraction of sp³-hybridized carbons (Fsp3) is 0.594. The van der Waals surface area contributed by atoms with E-state index in [1.807, 2.05) is 18.4 Å². The van der Waals surface area contributed by atoms with E-state index in [1.54, 1.807) is 17.7 Å². The average molecular weight is 794 g/mol. The lowest BCUT2D eigenvalue weighted by Gasteiger charge is -2.38. The molecule has 0 saturated heterocycles. The molecule has 0 radical (unpaired) electrons. The van der Waals surface area contributed by atoms with Crippen molar-refractivity contribution in [3.63, 3.8) is 0 Å². The lowest BCUT2D eigenvalue weighted by Crippen LogP contribution is -2.46. The summed E-state index contributed by atoms with van der Waals surface area (Å²) in [6.45, 7) is 27.0. The van der Waals surface area contributed by atoms with Gasteiger partial charge in [0.2, 0.25) is 0 Å². The number of halogens is 2. The van der Waals surface area contributed by atoms with Crippen LogP contribution in [0.1, 0.15) is 93.9 Å². The monoisotopic (exact) mass is 792 g/mol. The summed E-state index contributed by atoms with van der Waals surface area (Å²) in [6.07, 6.45) is -0.897. The summed E-state index contributed by atoms with van der Waals surface area (Å²) in [5.74, 6) is -0.0587. The van der Waals surface area contributed by atoms with E-state index in [4.69, 9.17) is 41.5 Å². The SMILES string of the molecule is COC(=O)c1c(Cl)csc1-n1c(C)nnc1[C@H](C)O[Si](C)(C)C(C)(C)C.COC(=O)c1c(Cl)csc1NC(=O)[C@H](C)O[Si](C)(C)C(C)(C)C. The second kappa shape index (κ2) is 16.5. The minimum Gasteiger partial charge on any atom is -0.465 e. The third-order valence-corrected chi connectivity index (χ3v) is 20.7. The van der Waals surface area contributed by atoms with E-state index in [9.17, 15) is 14.4 Å². The largest absolute Gasteiger partial charge is 0.465 e. The maximum absolute atomic E-state index is 12.4. The number of rotatable bonds is 10. The molecule has 0 bridgehead atoms. The number of aryl methyl sites for hydroxylation is 1. The Morgan fingerprint density at radius 3 is 1.80 bits per heavy atom. The van der Waals surface area contributed by atoms with E-state index >= 15 is 0 Å². The van der Waals surface area contributed by atoms with Gasteiger partial charge in [0.25, 0.3) is 5.91 Å². The first kappa shape index (κ1) is 43.0. The van der Waals surface area contributed by atoms with Gasteiger partial charge in [0, 0.05) is 10.8 Å². The number of nitrogens with one attached hydrogen (secondary N) is 1. The molecule has 1 N–H and O–H groups in total. The number of aromatic nitrogens is 3. The summed E-state index contributed by atoms with van der Waals surface area (Å²) in [5.41, 5.74) is 0.495. The van der Waals surface area contributed by atoms with Crippen molar-refractivity contribution in [2.24, 2.45) is 0 Å². The Labute approximate surface area is 310 Å². The van der Waals surface area contributed by atoms with Gasteiger partial charge in [-0.3, -0.25) is 9.36 Å². The van der Waals surface area contributed by atoms with Gasteiger partial charge in [-0.15, -0.1) is 32.9 Å². The molecule has 274 valence electrons. The molecule has 3 rings (SSSR count).